The number of nitrogens with zero attached hydrogens (tertiary/aromatic N) is 1. The molecule has 2 nitrogen and oxygen atoms in total. The van der Waals surface area contributed by atoms with Crippen molar-refractivity contribution in [2.24, 2.45) is 10.9 Å². The van der Waals surface area contributed by atoms with Crippen LogP contribution in [-0.4, -0.2) is 16.7 Å². The van der Waals surface area contributed by atoms with Crippen LogP contribution in [-0.2, 0) is 5.60 Å². The number of halogens is 5. The molecule has 0 saturated carbocycles. The van der Waals surface area contributed by atoms with Crippen LogP contribution in [0.1, 0.15) is 18.9 Å². The van der Waals surface area contributed by atoms with Crippen LogP contribution in [0.25, 0.3) is 0 Å². The molecule has 0 radical (unpaired) electrons. The number of hydrogen-bond acceptors (Lipinski definition) is 2. The fourth-order valence-electron chi connectivity index (χ4n) is 2.25. The molecule has 0 saturated heterocycles. The van der Waals surface area contributed by atoms with E-state index in [1.807, 2.05) is 0 Å². The summed E-state index contributed by atoms with van der Waals surface area (Å²) < 4.78 is 57.1. The maximum atomic E-state index is 14.8. The second kappa shape index (κ2) is 6.10. The van der Waals surface area contributed by atoms with Crippen LogP contribution in [0.5, 0.6) is 0 Å². The summed E-state index contributed by atoms with van der Waals surface area (Å²) in [4.78, 5) is 3.63. The number of hydrogen-bond donors (Lipinski definition) is 1. The van der Waals surface area contributed by atoms with Gasteiger partial charge in [0.2, 0.25) is 5.60 Å². The summed E-state index contributed by atoms with van der Waals surface area (Å²) in [5, 5.41) is 10.3. The maximum Gasteiger partial charge on any atom is 0.329 e. The Labute approximate surface area is 139 Å². The van der Waals surface area contributed by atoms with Crippen molar-refractivity contribution >= 4 is 21.6 Å². The highest BCUT2D eigenvalue weighted by Gasteiger charge is 2.58. The molecule has 1 heterocycles. The number of benzene rings is 1. The molecule has 122 valence electrons. The molecule has 23 heavy (non-hydrogen) atoms. The number of rotatable bonds is 3. The molecule has 1 N–H and O–H groups in total. The Bertz CT molecular complexity index is 738. The smallest absolute Gasteiger partial charge is 0.329 e. The highest BCUT2D eigenvalue weighted by atomic mass is 79.9. The van der Waals surface area contributed by atoms with Crippen molar-refractivity contribution < 1.29 is 22.7 Å². The number of terminal acetylenes is 1. The minimum Gasteiger partial charge on any atom is -0.368 e. The highest BCUT2D eigenvalue weighted by molar-refractivity contribution is 9.11. The molecule has 2 atom stereocenters. The van der Waals surface area contributed by atoms with Gasteiger partial charge in [0, 0.05) is 22.3 Å². The van der Waals surface area contributed by atoms with Gasteiger partial charge >= 0.3 is 5.92 Å². The lowest BCUT2D eigenvalue weighted by Crippen LogP contribution is -2.51. The van der Waals surface area contributed by atoms with Crippen molar-refractivity contribution in [3.63, 3.8) is 0 Å². The Morgan fingerprint density at radius 1 is 1.39 bits per heavy atom. The third-order valence-corrected chi connectivity index (χ3v) is 4.65. The van der Waals surface area contributed by atoms with Crippen molar-refractivity contribution in [1.29, 1.82) is 0 Å². The van der Waals surface area contributed by atoms with Gasteiger partial charge in [-0.05, 0) is 24.5 Å². The summed E-state index contributed by atoms with van der Waals surface area (Å²) in [6.45, 7) is 1.68. The van der Waals surface area contributed by atoms with Crippen LogP contribution in [0.2, 0.25) is 0 Å². The van der Waals surface area contributed by atoms with Crippen molar-refractivity contribution in [3.8, 4) is 12.3 Å². The van der Waals surface area contributed by atoms with Crippen molar-refractivity contribution in [2.75, 3.05) is 0 Å². The van der Waals surface area contributed by atoms with Crippen LogP contribution in [0.15, 0.2) is 33.9 Å². The van der Waals surface area contributed by atoms with Crippen LogP contribution in [0.4, 0.5) is 17.6 Å². The van der Waals surface area contributed by atoms with E-state index in [4.69, 9.17) is 6.42 Å². The first-order valence-electron chi connectivity index (χ1n) is 6.59. The molecule has 0 amide bonds. The van der Waals surface area contributed by atoms with Crippen LogP contribution in [0.3, 0.4) is 0 Å². The number of aliphatic imine (C=N–C) groups is 1. The first-order valence-corrected chi connectivity index (χ1v) is 7.39. The average Bonchev–Trinajstić information content (AvgIpc) is 2.49. The highest BCUT2D eigenvalue weighted by Crippen LogP contribution is 2.43. The SMILES string of the molecule is C#CC(O)(c1ccc(F)cc1F)C(F)(F)C1=NC=C(Br)C(C)C1. The lowest BCUT2D eigenvalue weighted by Gasteiger charge is -2.34. The third kappa shape index (κ3) is 2.93. The molecule has 1 aromatic rings. The number of allylic oxidation sites excluding steroid dienone is 1. The molecular formula is C16H12BrF4NO. The zero-order chi connectivity index (χ0) is 17.4. The Balaban J connectivity index is 2.57. The zero-order valence-electron chi connectivity index (χ0n) is 12.0. The van der Waals surface area contributed by atoms with Gasteiger partial charge in [-0.1, -0.05) is 28.8 Å². The number of alkyl halides is 2. The second-order valence-electron chi connectivity index (χ2n) is 5.25. The molecule has 0 bridgehead atoms. The number of aliphatic hydroxyl groups is 1. The van der Waals surface area contributed by atoms with Crippen molar-refractivity contribution in [3.05, 3.63) is 46.1 Å². The Kier molecular flexibility index (Phi) is 4.69. The molecule has 0 aromatic heterocycles. The minimum absolute atomic E-state index is 0.170. The standard InChI is InChI=1S/C16H12BrF4NO/c1-3-15(23,11-5-4-10(18)7-13(11)19)16(20,21)14-6-9(2)12(17)8-22-14/h1,4-5,7-9,23H,6H2,2H3. The summed E-state index contributed by atoms with van der Waals surface area (Å²) in [5.74, 6) is -5.10. The predicted octanol–water partition coefficient (Wildman–Crippen LogP) is 4.14. The Hall–Kier alpha value is -1.65. The fourth-order valence-corrected chi connectivity index (χ4v) is 2.51. The molecule has 2 rings (SSSR count). The summed E-state index contributed by atoms with van der Waals surface area (Å²) in [6.07, 6.45) is 6.10. The Morgan fingerprint density at radius 2 is 2.04 bits per heavy atom. The van der Waals surface area contributed by atoms with Crippen LogP contribution in [0, 0.1) is 29.9 Å². The van der Waals surface area contributed by atoms with E-state index >= 15 is 0 Å². The zero-order valence-corrected chi connectivity index (χ0v) is 13.5. The van der Waals surface area contributed by atoms with Crippen LogP contribution >= 0.6 is 15.9 Å². The average molecular weight is 390 g/mol. The third-order valence-electron chi connectivity index (χ3n) is 3.66. The maximum absolute atomic E-state index is 14.8. The van der Waals surface area contributed by atoms with Gasteiger partial charge in [0.25, 0.3) is 0 Å². The van der Waals surface area contributed by atoms with Gasteiger partial charge in [0.1, 0.15) is 11.6 Å². The molecule has 0 aliphatic carbocycles. The van der Waals surface area contributed by atoms with E-state index in [0.29, 0.717) is 16.6 Å². The molecule has 1 aliphatic rings. The summed E-state index contributed by atoms with van der Waals surface area (Å²) in [7, 11) is 0. The quantitative estimate of drug-likeness (QED) is 0.611. The lowest BCUT2D eigenvalue weighted by atomic mass is 9.82. The topological polar surface area (TPSA) is 32.6 Å². The molecular weight excluding hydrogens is 378 g/mol. The van der Waals surface area contributed by atoms with Gasteiger partial charge in [-0.25, -0.2) is 8.78 Å². The summed E-state index contributed by atoms with van der Waals surface area (Å²) in [5.41, 5.74) is -4.83. The van der Waals surface area contributed by atoms with Gasteiger partial charge in [0.15, 0.2) is 0 Å². The van der Waals surface area contributed by atoms with E-state index in [2.05, 4.69) is 20.9 Å². The van der Waals surface area contributed by atoms with E-state index < -0.39 is 34.4 Å². The second-order valence-corrected chi connectivity index (χ2v) is 6.16. The molecule has 0 spiro atoms. The van der Waals surface area contributed by atoms with E-state index in [1.165, 1.54) is 6.20 Å². The van der Waals surface area contributed by atoms with Crippen LogP contribution < -0.4 is 0 Å². The predicted molar refractivity (Wildman–Crippen MR) is 82.3 cm³/mol. The summed E-state index contributed by atoms with van der Waals surface area (Å²) >= 11 is 3.18. The van der Waals surface area contributed by atoms with Gasteiger partial charge in [0.05, 0.1) is 5.71 Å². The monoisotopic (exact) mass is 389 g/mol. The Morgan fingerprint density at radius 3 is 2.57 bits per heavy atom. The fraction of sp³-hybridized carbons (Fsp3) is 0.312. The molecule has 0 fully saturated rings. The van der Waals surface area contributed by atoms with E-state index in [9.17, 15) is 22.7 Å². The van der Waals surface area contributed by atoms with Crippen molar-refractivity contribution in [2.45, 2.75) is 24.9 Å². The largest absolute Gasteiger partial charge is 0.368 e. The first kappa shape index (κ1) is 17.7. The molecule has 2 unspecified atom stereocenters. The normalized spacial score (nSPS) is 21.0. The lowest BCUT2D eigenvalue weighted by molar-refractivity contribution is -0.107. The molecule has 1 aromatic carbocycles. The molecule has 7 heteroatoms. The van der Waals surface area contributed by atoms with Crippen molar-refractivity contribution in [1.82, 2.24) is 0 Å². The van der Waals surface area contributed by atoms with Gasteiger partial charge < -0.3 is 5.11 Å². The van der Waals surface area contributed by atoms with E-state index in [-0.39, 0.29) is 12.3 Å². The van der Waals surface area contributed by atoms with E-state index in [1.54, 1.807) is 12.8 Å². The first-order chi connectivity index (χ1) is 10.6. The van der Waals surface area contributed by atoms with Gasteiger partial charge in [-0.2, -0.15) is 8.78 Å². The van der Waals surface area contributed by atoms with E-state index in [0.717, 1.165) is 6.07 Å². The van der Waals surface area contributed by atoms with Gasteiger partial charge in [-0.15, -0.1) is 6.42 Å². The van der Waals surface area contributed by atoms with Gasteiger partial charge in [-0.3, -0.25) is 4.99 Å². The molecule has 1 aliphatic heterocycles. The minimum atomic E-state index is -4.03. The summed E-state index contributed by atoms with van der Waals surface area (Å²) in [6, 6.07) is 1.84.